The fourth-order valence-corrected chi connectivity index (χ4v) is 1.34. The van der Waals surface area contributed by atoms with Crippen molar-refractivity contribution in [1.29, 1.82) is 10.5 Å². The summed E-state index contributed by atoms with van der Waals surface area (Å²) in [7, 11) is 0. The number of rotatable bonds is 2. The zero-order valence-electron chi connectivity index (χ0n) is 7.62. The molecule has 5 heteroatoms. The molecule has 0 fully saturated rings. The van der Waals surface area contributed by atoms with Crippen LogP contribution in [0.2, 0.25) is 0 Å². The van der Waals surface area contributed by atoms with Crippen molar-refractivity contribution in [3.63, 3.8) is 0 Å². The number of amides is 1. The second-order valence-corrected chi connectivity index (χ2v) is 3.60. The third-order valence-electron chi connectivity index (χ3n) is 1.62. The van der Waals surface area contributed by atoms with E-state index in [9.17, 15) is 4.79 Å². The predicted molar refractivity (Wildman–Crippen MR) is 57.7 cm³/mol. The summed E-state index contributed by atoms with van der Waals surface area (Å²) < 4.78 is 0.758. The van der Waals surface area contributed by atoms with Gasteiger partial charge < -0.3 is 5.32 Å². The lowest BCUT2D eigenvalue weighted by atomic mass is 10.2. The molecule has 1 aromatic rings. The Morgan fingerprint density at radius 3 is 2.80 bits per heavy atom. The minimum absolute atomic E-state index is 0.225. The van der Waals surface area contributed by atoms with Gasteiger partial charge in [0.05, 0.1) is 17.3 Å². The summed E-state index contributed by atoms with van der Waals surface area (Å²) >= 11 is 3.23. The maximum Gasteiger partial charge on any atom is 0.238 e. The van der Waals surface area contributed by atoms with Crippen LogP contribution in [0.25, 0.3) is 0 Å². The van der Waals surface area contributed by atoms with Crippen molar-refractivity contribution in [2.24, 2.45) is 0 Å². The molecule has 1 rings (SSSR count). The van der Waals surface area contributed by atoms with Crippen LogP contribution in [0.3, 0.4) is 0 Å². The molecule has 0 spiro atoms. The first-order chi connectivity index (χ1) is 7.17. The summed E-state index contributed by atoms with van der Waals surface area (Å²) in [5.74, 6) is -0.424. The Morgan fingerprint density at radius 1 is 1.47 bits per heavy atom. The van der Waals surface area contributed by atoms with E-state index in [1.54, 1.807) is 24.3 Å². The average molecular weight is 264 g/mol. The Labute approximate surface area is 95.3 Å². The number of nitrogens with one attached hydrogen (secondary N) is 1. The lowest BCUT2D eigenvalue weighted by Crippen LogP contribution is -2.11. The molecule has 0 aromatic heterocycles. The van der Waals surface area contributed by atoms with Crippen molar-refractivity contribution in [1.82, 2.24) is 0 Å². The molecular weight excluding hydrogens is 258 g/mol. The lowest BCUT2D eigenvalue weighted by molar-refractivity contribution is -0.115. The maximum absolute atomic E-state index is 11.1. The zero-order valence-corrected chi connectivity index (χ0v) is 9.21. The van der Waals surface area contributed by atoms with Crippen LogP contribution in [-0.4, -0.2) is 5.91 Å². The Bertz CT molecular complexity index is 471. The fourth-order valence-electron chi connectivity index (χ4n) is 0.984. The van der Waals surface area contributed by atoms with Crippen LogP contribution in [0, 0.1) is 22.7 Å². The van der Waals surface area contributed by atoms with Crippen molar-refractivity contribution in [3.05, 3.63) is 28.2 Å². The number of carbonyl (C=O) groups excluding carboxylic acids is 1. The molecule has 0 bridgehead atoms. The number of nitriles is 2. The summed E-state index contributed by atoms with van der Waals surface area (Å²) in [5.41, 5.74) is 0.775. The molecule has 0 heterocycles. The molecule has 0 aliphatic heterocycles. The molecule has 0 aliphatic carbocycles. The highest BCUT2D eigenvalue weighted by Gasteiger charge is 2.06. The van der Waals surface area contributed by atoms with Crippen LogP contribution in [0.15, 0.2) is 22.7 Å². The van der Waals surface area contributed by atoms with Crippen molar-refractivity contribution in [2.75, 3.05) is 5.32 Å². The standard InChI is InChI=1S/C10H6BrN3O/c11-8-2-1-7(6-13)9(5-8)14-10(15)3-4-12/h1-2,5H,3H2,(H,14,15). The molecule has 1 N–H and O–H groups in total. The van der Waals surface area contributed by atoms with Gasteiger partial charge in [-0.05, 0) is 18.2 Å². The van der Waals surface area contributed by atoms with E-state index in [1.165, 1.54) is 0 Å². The van der Waals surface area contributed by atoms with E-state index >= 15 is 0 Å². The number of anilines is 1. The zero-order chi connectivity index (χ0) is 11.3. The van der Waals surface area contributed by atoms with Crippen LogP contribution >= 0.6 is 15.9 Å². The van der Waals surface area contributed by atoms with Crippen LogP contribution in [0.4, 0.5) is 5.69 Å². The van der Waals surface area contributed by atoms with E-state index < -0.39 is 5.91 Å². The third-order valence-corrected chi connectivity index (χ3v) is 2.11. The highest BCUT2D eigenvalue weighted by molar-refractivity contribution is 9.10. The van der Waals surface area contributed by atoms with Crippen LogP contribution < -0.4 is 5.32 Å². The highest BCUT2D eigenvalue weighted by atomic mass is 79.9. The van der Waals surface area contributed by atoms with Crippen LogP contribution in [0.1, 0.15) is 12.0 Å². The van der Waals surface area contributed by atoms with Gasteiger partial charge in [0.2, 0.25) is 5.91 Å². The van der Waals surface area contributed by atoms with Crippen molar-refractivity contribution >= 4 is 27.5 Å². The lowest BCUT2D eigenvalue weighted by Gasteiger charge is -2.05. The van der Waals surface area contributed by atoms with Gasteiger partial charge in [0, 0.05) is 4.47 Å². The van der Waals surface area contributed by atoms with Gasteiger partial charge in [-0.3, -0.25) is 4.79 Å². The molecule has 1 amide bonds. The van der Waals surface area contributed by atoms with Crippen LogP contribution in [-0.2, 0) is 4.79 Å². The molecule has 0 saturated carbocycles. The summed E-state index contributed by atoms with van der Waals surface area (Å²) in [4.78, 5) is 11.1. The van der Waals surface area contributed by atoms with Crippen LogP contribution in [0.5, 0.6) is 0 Å². The quantitative estimate of drug-likeness (QED) is 0.889. The Balaban J connectivity index is 2.94. The maximum atomic E-state index is 11.1. The van der Waals surface area contributed by atoms with Crippen molar-refractivity contribution in [3.8, 4) is 12.1 Å². The molecule has 0 saturated heterocycles. The topological polar surface area (TPSA) is 76.7 Å². The average Bonchev–Trinajstić information content (AvgIpc) is 2.18. The number of nitrogens with zero attached hydrogens (tertiary/aromatic N) is 2. The Kier molecular flexibility index (Phi) is 3.84. The summed E-state index contributed by atoms with van der Waals surface area (Å²) in [6, 6.07) is 8.60. The van der Waals surface area contributed by atoms with E-state index in [2.05, 4.69) is 21.2 Å². The van der Waals surface area contributed by atoms with E-state index in [1.807, 2.05) is 6.07 Å². The fraction of sp³-hybridized carbons (Fsp3) is 0.100. The Morgan fingerprint density at radius 2 is 2.20 bits per heavy atom. The summed E-state index contributed by atoms with van der Waals surface area (Å²) in [6.45, 7) is 0. The Hall–Kier alpha value is -1.85. The smallest absolute Gasteiger partial charge is 0.238 e. The second-order valence-electron chi connectivity index (χ2n) is 2.68. The van der Waals surface area contributed by atoms with E-state index in [0.29, 0.717) is 11.3 Å². The molecule has 1 aromatic carbocycles. The van der Waals surface area contributed by atoms with E-state index in [4.69, 9.17) is 10.5 Å². The SMILES string of the molecule is N#CCC(=O)Nc1cc(Br)ccc1C#N. The molecule has 0 aliphatic rings. The number of hydrogen-bond donors (Lipinski definition) is 1. The summed E-state index contributed by atoms with van der Waals surface area (Å²) in [5, 5.41) is 19.6. The number of carbonyl (C=O) groups is 1. The van der Waals surface area contributed by atoms with Gasteiger partial charge in [-0.25, -0.2) is 0 Å². The normalized spacial score (nSPS) is 8.73. The minimum atomic E-state index is -0.424. The van der Waals surface area contributed by atoms with Gasteiger partial charge in [-0.1, -0.05) is 15.9 Å². The molecule has 15 heavy (non-hydrogen) atoms. The minimum Gasteiger partial charge on any atom is -0.324 e. The predicted octanol–water partition coefficient (Wildman–Crippen LogP) is 2.17. The molecule has 0 unspecified atom stereocenters. The molecule has 74 valence electrons. The number of benzene rings is 1. The van der Waals surface area contributed by atoms with E-state index in [0.717, 1.165) is 4.47 Å². The first-order valence-electron chi connectivity index (χ1n) is 4.04. The van der Waals surface area contributed by atoms with Gasteiger partial charge in [-0.15, -0.1) is 0 Å². The highest BCUT2D eigenvalue weighted by Crippen LogP contribution is 2.20. The molecule has 4 nitrogen and oxygen atoms in total. The van der Waals surface area contributed by atoms with Gasteiger partial charge >= 0.3 is 0 Å². The third kappa shape index (κ3) is 3.08. The second kappa shape index (κ2) is 5.14. The summed E-state index contributed by atoms with van der Waals surface area (Å²) in [6.07, 6.45) is -0.225. The van der Waals surface area contributed by atoms with Gasteiger partial charge in [-0.2, -0.15) is 10.5 Å². The van der Waals surface area contributed by atoms with Crippen molar-refractivity contribution in [2.45, 2.75) is 6.42 Å². The van der Waals surface area contributed by atoms with Gasteiger partial charge in [0.25, 0.3) is 0 Å². The van der Waals surface area contributed by atoms with E-state index in [-0.39, 0.29) is 6.42 Å². The first kappa shape index (κ1) is 11.2. The first-order valence-corrected chi connectivity index (χ1v) is 4.83. The molecule has 0 atom stereocenters. The van der Waals surface area contributed by atoms with Crippen molar-refractivity contribution < 1.29 is 4.79 Å². The van der Waals surface area contributed by atoms with Gasteiger partial charge in [0.1, 0.15) is 12.5 Å². The molecule has 0 radical (unpaired) electrons. The van der Waals surface area contributed by atoms with Gasteiger partial charge in [0.15, 0.2) is 0 Å². The largest absolute Gasteiger partial charge is 0.324 e. The molecular formula is C10H6BrN3O. The number of halogens is 1. The monoisotopic (exact) mass is 263 g/mol. The number of hydrogen-bond acceptors (Lipinski definition) is 3.